The number of amides is 1. The summed E-state index contributed by atoms with van der Waals surface area (Å²) in [7, 11) is 3.11. The molecule has 0 radical (unpaired) electrons. The van der Waals surface area contributed by atoms with Crippen LogP contribution in [0.1, 0.15) is 41.4 Å². The molecule has 1 amide bonds. The van der Waals surface area contributed by atoms with Gasteiger partial charge in [0.25, 0.3) is 5.91 Å². The van der Waals surface area contributed by atoms with Crippen molar-refractivity contribution >= 4 is 32.6 Å². The maximum Gasteiger partial charge on any atom is 0.264 e. The molecular formula is C24H24N2O4S. The van der Waals surface area contributed by atoms with Gasteiger partial charge in [-0.3, -0.25) is 9.69 Å². The molecule has 0 atom stereocenters. The van der Waals surface area contributed by atoms with E-state index in [0.717, 1.165) is 15.8 Å². The van der Waals surface area contributed by atoms with Gasteiger partial charge in [-0.25, -0.2) is 4.98 Å². The molecule has 0 aliphatic heterocycles. The Morgan fingerprint density at radius 3 is 2.65 bits per heavy atom. The summed E-state index contributed by atoms with van der Waals surface area (Å²) in [6.07, 6.45) is 1.60. The molecule has 4 aromatic rings. The second kappa shape index (κ2) is 8.81. The quantitative estimate of drug-likeness (QED) is 0.362. The van der Waals surface area contributed by atoms with E-state index in [9.17, 15) is 4.79 Å². The zero-order chi connectivity index (χ0) is 22.0. The first-order valence-corrected chi connectivity index (χ1v) is 10.8. The number of methoxy groups -OCH3 is 2. The van der Waals surface area contributed by atoms with Crippen molar-refractivity contribution in [2.75, 3.05) is 19.1 Å². The monoisotopic (exact) mass is 436 g/mol. The number of fused-ring (bicyclic) bond motifs is 1. The van der Waals surface area contributed by atoms with Crippen LogP contribution in [0.15, 0.2) is 59.2 Å². The van der Waals surface area contributed by atoms with Crippen molar-refractivity contribution in [2.45, 2.75) is 26.3 Å². The number of aromatic nitrogens is 1. The van der Waals surface area contributed by atoms with E-state index in [4.69, 9.17) is 18.9 Å². The largest absolute Gasteiger partial charge is 0.497 e. The average Bonchev–Trinajstić information content (AvgIpc) is 3.45. The fraction of sp³-hybridized carbons (Fsp3) is 0.250. The van der Waals surface area contributed by atoms with Crippen molar-refractivity contribution < 1.29 is 18.7 Å². The van der Waals surface area contributed by atoms with Gasteiger partial charge in [0.05, 0.1) is 42.8 Å². The molecule has 2 heterocycles. The first kappa shape index (κ1) is 20.9. The van der Waals surface area contributed by atoms with Crippen molar-refractivity contribution in [3.05, 3.63) is 71.7 Å². The van der Waals surface area contributed by atoms with E-state index in [1.165, 1.54) is 11.3 Å². The van der Waals surface area contributed by atoms with Gasteiger partial charge in [0.1, 0.15) is 17.3 Å². The molecule has 160 valence electrons. The highest BCUT2D eigenvalue weighted by Gasteiger charge is 2.26. The molecule has 0 aliphatic carbocycles. The number of carbonyl (C=O) groups is 1. The van der Waals surface area contributed by atoms with Crippen LogP contribution in [0.2, 0.25) is 0 Å². The Hall–Kier alpha value is -3.32. The van der Waals surface area contributed by atoms with Crippen LogP contribution in [0, 0.1) is 0 Å². The van der Waals surface area contributed by atoms with E-state index in [2.05, 4.69) is 19.9 Å². The van der Waals surface area contributed by atoms with Gasteiger partial charge in [-0.15, -0.1) is 0 Å². The van der Waals surface area contributed by atoms with Gasteiger partial charge < -0.3 is 13.9 Å². The number of benzene rings is 2. The van der Waals surface area contributed by atoms with E-state index in [1.54, 1.807) is 49.6 Å². The summed E-state index contributed by atoms with van der Waals surface area (Å²) in [5, 5.41) is 0.606. The third-order valence-electron chi connectivity index (χ3n) is 5.07. The highest BCUT2D eigenvalue weighted by atomic mass is 32.1. The summed E-state index contributed by atoms with van der Waals surface area (Å²) >= 11 is 1.49. The number of nitrogens with zero attached hydrogens (tertiary/aromatic N) is 2. The molecule has 31 heavy (non-hydrogen) atoms. The second-order valence-electron chi connectivity index (χ2n) is 7.38. The normalized spacial score (nSPS) is 11.1. The molecule has 6 nitrogen and oxygen atoms in total. The standard InChI is InChI=1S/C24H24N2O4S/c1-15(2)18-8-5-9-21-22(18)25-24(31-21)26(14-17-7-6-12-30-17)23(27)19-13-16(28-3)10-11-20(19)29-4/h5-13,15H,14H2,1-4H3. The van der Waals surface area contributed by atoms with Gasteiger partial charge in [-0.2, -0.15) is 0 Å². The van der Waals surface area contributed by atoms with Gasteiger partial charge in [0, 0.05) is 0 Å². The van der Waals surface area contributed by atoms with E-state index in [1.807, 2.05) is 18.2 Å². The summed E-state index contributed by atoms with van der Waals surface area (Å²) in [6.45, 7) is 4.53. The Balaban J connectivity index is 1.83. The summed E-state index contributed by atoms with van der Waals surface area (Å²) < 4.78 is 17.4. The van der Waals surface area contributed by atoms with Gasteiger partial charge in [-0.1, -0.05) is 37.3 Å². The first-order chi connectivity index (χ1) is 15.0. The zero-order valence-corrected chi connectivity index (χ0v) is 18.7. The maximum atomic E-state index is 13.7. The van der Waals surface area contributed by atoms with Crippen LogP contribution < -0.4 is 14.4 Å². The maximum absolute atomic E-state index is 13.7. The predicted molar refractivity (Wildman–Crippen MR) is 122 cm³/mol. The van der Waals surface area contributed by atoms with E-state index < -0.39 is 0 Å². The minimum atomic E-state index is -0.239. The summed E-state index contributed by atoms with van der Waals surface area (Å²) in [4.78, 5) is 20.2. The van der Waals surface area contributed by atoms with Crippen molar-refractivity contribution in [3.8, 4) is 11.5 Å². The lowest BCUT2D eigenvalue weighted by molar-refractivity contribution is 0.0980. The predicted octanol–water partition coefficient (Wildman–Crippen LogP) is 5.88. The average molecular weight is 437 g/mol. The fourth-order valence-electron chi connectivity index (χ4n) is 3.45. The molecular weight excluding hydrogens is 412 g/mol. The zero-order valence-electron chi connectivity index (χ0n) is 17.9. The highest BCUT2D eigenvalue weighted by molar-refractivity contribution is 7.22. The van der Waals surface area contributed by atoms with Gasteiger partial charge >= 0.3 is 0 Å². The number of thiazole rings is 1. The van der Waals surface area contributed by atoms with Crippen LogP contribution in [0.4, 0.5) is 5.13 Å². The number of hydrogen-bond acceptors (Lipinski definition) is 6. The molecule has 2 aromatic heterocycles. The van der Waals surface area contributed by atoms with Crippen LogP contribution in [0.5, 0.6) is 11.5 Å². The van der Waals surface area contributed by atoms with Crippen molar-refractivity contribution in [2.24, 2.45) is 0 Å². The Bertz CT molecular complexity index is 1200. The van der Waals surface area contributed by atoms with Crippen LogP contribution in [-0.2, 0) is 6.54 Å². The molecule has 2 aromatic carbocycles. The van der Waals surface area contributed by atoms with E-state index in [-0.39, 0.29) is 12.5 Å². The number of ether oxygens (including phenoxy) is 2. The first-order valence-electron chi connectivity index (χ1n) is 9.97. The number of hydrogen-bond donors (Lipinski definition) is 0. The number of anilines is 1. The number of furan rings is 1. The van der Waals surface area contributed by atoms with Gasteiger partial charge in [-0.05, 0) is 47.9 Å². The van der Waals surface area contributed by atoms with Crippen LogP contribution in [0.3, 0.4) is 0 Å². The lowest BCUT2D eigenvalue weighted by Crippen LogP contribution is -2.30. The SMILES string of the molecule is COc1ccc(OC)c(C(=O)N(Cc2ccco2)c2nc3c(C(C)C)cccc3s2)c1. The molecule has 0 saturated heterocycles. The fourth-order valence-corrected chi connectivity index (χ4v) is 4.45. The van der Waals surface area contributed by atoms with Crippen LogP contribution >= 0.6 is 11.3 Å². The Labute approximate surface area is 185 Å². The summed E-state index contributed by atoms with van der Waals surface area (Å²) in [6, 6.07) is 15.0. The number of para-hydroxylation sites is 1. The molecule has 4 rings (SSSR count). The third-order valence-corrected chi connectivity index (χ3v) is 6.11. The minimum Gasteiger partial charge on any atom is -0.497 e. The van der Waals surface area contributed by atoms with E-state index in [0.29, 0.717) is 33.9 Å². The van der Waals surface area contributed by atoms with Crippen molar-refractivity contribution in [1.29, 1.82) is 0 Å². The topological polar surface area (TPSA) is 64.8 Å². The van der Waals surface area contributed by atoms with Crippen LogP contribution in [0.25, 0.3) is 10.2 Å². The highest BCUT2D eigenvalue weighted by Crippen LogP contribution is 2.36. The Kier molecular flexibility index (Phi) is 5.95. The van der Waals surface area contributed by atoms with Gasteiger partial charge in [0.15, 0.2) is 5.13 Å². The molecule has 0 spiro atoms. The van der Waals surface area contributed by atoms with E-state index >= 15 is 0 Å². The lowest BCUT2D eigenvalue weighted by atomic mass is 10.0. The molecule has 0 saturated carbocycles. The summed E-state index contributed by atoms with van der Waals surface area (Å²) in [5.74, 6) is 1.80. The molecule has 0 N–H and O–H groups in total. The van der Waals surface area contributed by atoms with Crippen LogP contribution in [-0.4, -0.2) is 25.1 Å². The third kappa shape index (κ3) is 4.14. The number of rotatable bonds is 7. The Morgan fingerprint density at radius 2 is 1.97 bits per heavy atom. The minimum absolute atomic E-state index is 0.239. The molecule has 0 fully saturated rings. The van der Waals surface area contributed by atoms with Crippen molar-refractivity contribution in [1.82, 2.24) is 4.98 Å². The second-order valence-corrected chi connectivity index (χ2v) is 8.39. The Morgan fingerprint density at radius 1 is 1.13 bits per heavy atom. The number of carbonyl (C=O) groups excluding carboxylic acids is 1. The molecule has 0 bridgehead atoms. The summed E-state index contributed by atoms with van der Waals surface area (Å²) in [5.41, 5.74) is 2.48. The molecule has 0 unspecified atom stereocenters. The van der Waals surface area contributed by atoms with Gasteiger partial charge in [0.2, 0.25) is 0 Å². The smallest absolute Gasteiger partial charge is 0.264 e. The molecule has 7 heteroatoms. The molecule has 0 aliphatic rings. The lowest BCUT2D eigenvalue weighted by Gasteiger charge is -2.20. The van der Waals surface area contributed by atoms with Crippen molar-refractivity contribution in [3.63, 3.8) is 0 Å².